The van der Waals surface area contributed by atoms with Crippen LogP contribution in [0.2, 0.25) is 0 Å². The molecule has 104 valence electrons. The number of hydrogen-bond donors (Lipinski definition) is 1. The third-order valence-electron chi connectivity index (χ3n) is 3.01. The van der Waals surface area contributed by atoms with Crippen LogP contribution in [0.1, 0.15) is 22.0 Å². The van der Waals surface area contributed by atoms with E-state index in [9.17, 15) is 4.79 Å². The molecular weight excluding hydrogens is 274 g/mol. The molecule has 1 N–H and O–H groups in total. The highest BCUT2D eigenvalue weighted by Gasteiger charge is 2.14. The molecule has 0 heterocycles. The van der Waals surface area contributed by atoms with Crippen molar-refractivity contribution < 1.29 is 9.53 Å². The Morgan fingerprint density at radius 1 is 1.15 bits per heavy atom. The Labute approximate surface area is 123 Å². The van der Waals surface area contributed by atoms with E-state index in [0.717, 1.165) is 11.3 Å². The molecule has 0 radical (unpaired) electrons. The van der Waals surface area contributed by atoms with Gasteiger partial charge in [-0.1, -0.05) is 30.3 Å². The van der Waals surface area contributed by atoms with Gasteiger partial charge in [-0.3, -0.25) is 4.79 Å². The second-order valence-electron chi connectivity index (χ2n) is 4.32. The number of carbonyl (C=O) groups excluding carboxylic acids is 1. The van der Waals surface area contributed by atoms with Gasteiger partial charge in [-0.2, -0.15) is 0 Å². The van der Waals surface area contributed by atoms with E-state index >= 15 is 0 Å². The summed E-state index contributed by atoms with van der Waals surface area (Å²) in [5.74, 6) is 0.895. The van der Waals surface area contributed by atoms with E-state index in [4.69, 9.17) is 16.3 Å². The maximum absolute atomic E-state index is 12.2. The summed E-state index contributed by atoms with van der Waals surface area (Å²) in [5.41, 5.74) is 1.57. The van der Waals surface area contributed by atoms with Crippen LogP contribution in [0.4, 0.5) is 0 Å². The van der Waals surface area contributed by atoms with Crippen molar-refractivity contribution in [2.24, 2.45) is 0 Å². The second-order valence-corrected chi connectivity index (χ2v) is 4.63. The molecule has 0 aliphatic carbocycles. The SMILES string of the molecule is COc1ccc(C(=O)NC(CCl)c2ccccc2)cc1. The molecule has 0 saturated heterocycles. The number of carbonyl (C=O) groups is 1. The molecule has 20 heavy (non-hydrogen) atoms. The standard InChI is InChI=1S/C16H16ClNO2/c1-20-14-9-7-13(8-10-14)16(19)18-15(11-17)12-5-3-2-4-6-12/h2-10,15H,11H2,1H3,(H,18,19). The minimum absolute atomic E-state index is 0.151. The Morgan fingerprint density at radius 3 is 2.35 bits per heavy atom. The van der Waals surface area contributed by atoms with E-state index in [1.807, 2.05) is 30.3 Å². The lowest BCUT2D eigenvalue weighted by atomic mass is 10.1. The molecule has 0 saturated carbocycles. The van der Waals surface area contributed by atoms with Gasteiger partial charge < -0.3 is 10.1 Å². The molecule has 2 rings (SSSR count). The van der Waals surface area contributed by atoms with E-state index in [0.29, 0.717) is 11.4 Å². The van der Waals surface area contributed by atoms with Crippen molar-refractivity contribution in [1.82, 2.24) is 5.32 Å². The van der Waals surface area contributed by atoms with Gasteiger partial charge in [0, 0.05) is 11.4 Å². The largest absolute Gasteiger partial charge is 0.497 e. The van der Waals surface area contributed by atoms with Crippen molar-refractivity contribution in [3.05, 3.63) is 65.7 Å². The quantitative estimate of drug-likeness (QED) is 0.857. The third kappa shape index (κ3) is 3.52. The predicted octanol–water partition coefficient (Wildman–Crippen LogP) is 3.41. The van der Waals surface area contributed by atoms with Crippen LogP contribution in [0.15, 0.2) is 54.6 Å². The summed E-state index contributed by atoms with van der Waals surface area (Å²) in [7, 11) is 1.59. The van der Waals surface area contributed by atoms with Crippen molar-refractivity contribution in [3.63, 3.8) is 0 Å². The van der Waals surface area contributed by atoms with Crippen LogP contribution in [0, 0.1) is 0 Å². The molecule has 4 heteroatoms. The number of halogens is 1. The molecule has 0 fully saturated rings. The zero-order valence-corrected chi connectivity index (χ0v) is 11.9. The van der Waals surface area contributed by atoms with Gasteiger partial charge in [0.1, 0.15) is 5.75 Å². The average Bonchev–Trinajstić information content (AvgIpc) is 2.53. The minimum atomic E-state index is -0.201. The van der Waals surface area contributed by atoms with Crippen LogP contribution < -0.4 is 10.1 Å². The van der Waals surface area contributed by atoms with Gasteiger partial charge in [-0.05, 0) is 29.8 Å². The Balaban J connectivity index is 2.09. The van der Waals surface area contributed by atoms with Crippen molar-refractivity contribution in [3.8, 4) is 5.75 Å². The number of benzene rings is 2. The first-order valence-electron chi connectivity index (χ1n) is 6.30. The average molecular weight is 290 g/mol. The Bertz CT molecular complexity index is 554. The molecule has 0 aliphatic heterocycles. The molecule has 3 nitrogen and oxygen atoms in total. The zero-order chi connectivity index (χ0) is 14.4. The molecule has 2 aromatic rings. The Morgan fingerprint density at radius 2 is 1.80 bits per heavy atom. The fourth-order valence-corrected chi connectivity index (χ4v) is 2.14. The van der Waals surface area contributed by atoms with E-state index in [-0.39, 0.29) is 11.9 Å². The molecule has 1 atom stereocenters. The number of amides is 1. The lowest BCUT2D eigenvalue weighted by Crippen LogP contribution is -2.29. The first-order valence-corrected chi connectivity index (χ1v) is 6.84. The molecule has 1 amide bonds. The molecule has 2 aromatic carbocycles. The number of methoxy groups -OCH3 is 1. The number of nitrogens with one attached hydrogen (secondary N) is 1. The van der Waals surface area contributed by atoms with Gasteiger partial charge >= 0.3 is 0 Å². The van der Waals surface area contributed by atoms with Gasteiger partial charge in [0.05, 0.1) is 13.2 Å². The van der Waals surface area contributed by atoms with Crippen LogP contribution in [-0.2, 0) is 0 Å². The summed E-state index contributed by atoms with van der Waals surface area (Å²) in [5, 5.41) is 2.93. The maximum Gasteiger partial charge on any atom is 0.251 e. The summed E-state index contributed by atoms with van der Waals surface area (Å²) in [4.78, 5) is 12.2. The van der Waals surface area contributed by atoms with E-state index in [2.05, 4.69) is 5.32 Å². The summed E-state index contributed by atoms with van der Waals surface area (Å²) < 4.78 is 5.07. The topological polar surface area (TPSA) is 38.3 Å². The zero-order valence-electron chi connectivity index (χ0n) is 11.2. The lowest BCUT2D eigenvalue weighted by Gasteiger charge is -2.16. The number of rotatable bonds is 5. The summed E-state index contributed by atoms with van der Waals surface area (Å²) in [6.07, 6.45) is 0. The smallest absolute Gasteiger partial charge is 0.251 e. The first-order chi connectivity index (χ1) is 9.74. The highest BCUT2D eigenvalue weighted by molar-refractivity contribution is 6.18. The number of hydrogen-bond acceptors (Lipinski definition) is 2. The van der Waals surface area contributed by atoms with Crippen molar-refractivity contribution >= 4 is 17.5 Å². The number of alkyl halides is 1. The molecule has 0 aromatic heterocycles. The predicted molar refractivity (Wildman–Crippen MR) is 80.4 cm³/mol. The number of ether oxygens (including phenoxy) is 1. The van der Waals surface area contributed by atoms with Crippen LogP contribution in [-0.4, -0.2) is 18.9 Å². The van der Waals surface area contributed by atoms with Gasteiger partial charge in [0.25, 0.3) is 5.91 Å². The molecule has 0 spiro atoms. The van der Waals surface area contributed by atoms with Gasteiger partial charge in [-0.15, -0.1) is 11.6 Å². The Kier molecular flexibility index (Phi) is 5.02. The highest BCUT2D eigenvalue weighted by Crippen LogP contribution is 2.16. The molecular formula is C16H16ClNO2. The fourth-order valence-electron chi connectivity index (χ4n) is 1.88. The van der Waals surface area contributed by atoms with Crippen molar-refractivity contribution in [2.45, 2.75) is 6.04 Å². The van der Waals surface area contributed by atoms with Crippen LogP contribution >= 0.6 is 11.6 Å². The molecule has 0 aliphatic rings. The summed E-state index contributed by atoms with van der Waals surface area (Å²) >= 11 is 5.95. The monoisotopic (exact) mass is 289 g/mol. The maximum atomic E-state index is 12.2. The summed E-state index contributed by atoms with van der Waals surface area (Å²) in [6.45, 7) is 0. The van der Waals surface area contributed by atoms with Crippen LogP contribution in [0.5, 0.6) is 5.75 Å². The fraction of sp³-hybridized carbons (Fsp3) is 0.188. The minimum Gasteiger partial charge on any atom is -0.497 e. The van der Waals surface area contributed by atoms with Crippen molar-refractivity contribution in [1.29, 1.82) is 0 Å². The Hall–Kier alpha value is -2.00. The van der Waals surface area contributed by atoms with Gasteiger partial charge in [0.2, 0.25) is 0 Å². The molecule has 0 bridgehead atoms. The van der Waals surface area contributed by atoms with E-state index in [1.54, 1.807) is 31.4 Å². The first kappa shape index (κ1) is 14.4. The normalized spacial score (nSPS) is 11.7. The van der Waals surface area contributed by atoms with E-state index in [1.165, 1.54) is 0 Å². The highest BCUT2D eigenvalue weighted by atomic mass is 35.5. The second kappa shape index (κ2) is 6.96. The van der Waals surface area contributed by atoms with Crippen molar-refractivity contribution in [2.75, 3.05) is 13.0 Å². The van der Waals surface area contributed by atoms with Crippen LogP contribution in [0.25, 0.3) is 0 Å². The van der Waals surface area contributed by atoms with E-state index < -0.39 is 0 Å². The lowest BCUT2D eigenvalue weighted by molar-refractivity contribution is 0.0940. The third-order valence-corrected chi connectivity index (χ3v) is 3.32. The summed E-state index contributed by atoms with van der Waals surface area (Å²) in [6, 6.07) is 16.4. The van der Waals surface area contributed by atoms with Crippen LogP contribution in [0.3, 0.4) is 0 Å². The van der Waals surface area contributed by atoms with Gasteiger partial charge in [0.15, 0.2) is 0 Å². The van der Waals surface area contributed by atoms with Gasteiger partial charge in [-0.25, -0.2) is 0 Å². The molecule has 1 unspecified atom stereocenters.